The highest BCUT2D eigenvalue weighted by Crippen LogP contribution is 2.28. The van der Waals surface area contributed by atoms with E-state index in [4.69, 9.17) is 10.00 Å². The lowest BCUT2D eigenvalue weighted by molar-refractivity contribution is 0.344. The molecule has 1 aromatic heterocycles. The SMILES string of the molecule is N#Cc1cccc(OCCSc2nnc(NC3CCCCC3)s2)c1. The number of hydrogen-bond acceptors (Lipinski definition) is 7. The van der Waals surface area contributed by atoms with E-state index in [-0.39, 0.29) is 0 Å². The Morgan fingerprint density at radius 3 is 3.00 bits per heavy atom. The Bertz CT molecular complexity index is 692. The molecule has 1 aliphatic carbocycles. The second-order valence-electron chi connectivity index (χ2n) is 5.69. The fourth-order valence-electron chi connectivity index (χ4n) is 2.69. The first-order valence-electron chi connectivity index (χ1n) is 8.19. The molecule has 1 fully saturated rings. The van der Waals surface area contributed by atoms with Gasteiger partial charge in [-0.05, 0) is 31.0 Å². The van der Waals surface area contributed by atoms with Gasteiger partial charge in [-0.15, -0.1) is 10.2 Å². The third kappa shape index (κ3) is 5.11. The van der Waals surface area contributed by atoms with Crippen LogP contribution < -0.4 is 10.1 Å². The van der Waals surface area contributed by atoms with E-state index >= 15 is 0 Å². The number of nitrogens with one attached hydrogen (secondary N) is 1. The van der Waals surface area contributed by atoms with Gasteiger partial charge in [0, 0.05) is 11.8 Å². The molecule has 1 aromatic carbocycles. The molecule has 5 nitrogen and oxygen atoms in total. The number of nitriles is 1. The second kappa shape index (κ2) is 8.90. The van der Waals surface area contributed by atoms with E-state index in [2.05, 4.69) is 21.6 Å². The first-order chi connectivity index (χ1) is 11.8. The predicted octanol–water partition coefficient (Wildman–Crippen LogP) is 4.33. The lowest BCUT2D eigenvalue weighted by Gasteiger charge is -2.21. The molecule has 126 valence electrons. The molecule has 0 aliphatic heterocycles. The Morgan fingerprint density at radius 2 is 2.17 bits per heavy atom. The largest absolute Gasteiger partial charge is 0.493 e. The van der Waals surface area contributed by atoms with Crippen LogP contribution in [-0.2, 0) is 0 Å². The van der Waals surface area contributed by atoms with E-state index in [0.29, 0.717) is 18.2 Å². The van der Waals surface area contributed by atoms with Gasteiger partial charge in [0.15, 0.2) is 4.34 Å². The monoisotopic (exact) mass is 360 g/mol. The Kier molecular flexibility index (Phi) is 6.33. The van der Waals surface area contributed by atoms with Gasteiger partial charge in [0.1, 0.15) is 5.75 Å². The Hall–Kier alpha value is -1.78. The topological polar surface area (TPSA) is 70.8 Å². The summed E-state index contributed by atoms with van der Waals surface area (Å²) in [6, 6.07) is 9.88. The van der Waals surface area contributed by atoms with Crippen LogP contribution in [0.1, 0.15) is 37.7 Å². The van der Waals surface area contributed by atoms with Crippen LogP contribution in [0.5, 0.6) is 5.75 Å². The van der Waals surface area contributed by atoms with Crippen LogP contribution in [0.15, 0.2) is 28.6 Å². The minimum Gasteiger partial charge on any atom is -0.493 e. The fourth-order valence-corrected chi connectivity index (χ4v) is 4.41. The van der Waals surface area contributed by atoms with Crippen molar-refractivity contribution in [1.29, 1.82) is 5.26 Å². The first-order valence-corrected chi connectivity index (χ1v) is 9.99. The van der Waals surface area contributed by atoms with Gasteiger partial charge in [-0.25, -0.2) is 0 Å². The van der Waals surface area contributed by atoms with Crippen LogP contribution in [0.4, 0.5) is 5.13 Å². The number of ether oxygens (including phenoxy) is 1. The Morgan fingerprint density at radius 1 is 1.29 bits per heavy atom. The lowest BCUT2D eigenvalue weighted by Crippen LogP contribution is -2.21. The summed E-state index contributed by atoms with van der Waals surface area (Å²) in [4.78, 5) is 0. The van der Waals surface area contributed by atoms with Crippen LogP contribution in [-0.4, -0.2) is 28.6 Å². The highest BCUT2D eigenvalue weighted by molar-refractivity contribution is 8.01. The van der Waals surface area contributed by atoms with Gasteiger partial charge in [-0.3, -0.25) is 0 Å². The lowest BCUT2D eigenvalue weighted by atomic mass is 9.96. The Labute approximate surface area is 150 Å². The van der Waals surface area contributed by atoms with E-state index < -0.39 is 0 Å². The molecule has 0 unspecified atom stereocenters. The fraction of sp³-hybridized carbons (Fsp3) is 0.471. The molecule has 0 spiro atoms. The van der Waals surface area contributed by atoms with Crippen molar-refractivity contribution in [3.05, 3.63) is 29.8 Å². The van der Waals surface area contributed by atoms with Crippen LogP contribution >= 0.6 is 23.1 Å². The van der Waals surface area contributed by atoms with Crippen molar-refractivity contribution in [1.82, 2.24) is 10.2 Å². The molecule has 0 bridgehead atoms. The van der Waals surface area contributed by atoms with Gasteiger partial charge >= 0.3 is 0 Å². The molecule has 3 rings (SSSR count). The third-order valence-electron chi connectivity index (χ3n) is 3.88. The molecule has 1 aliphatic rings. The minimum atomic E-state index is 0.556. The van der Waals surface area contributed by atoms with Gasteiger partial charge in [0.2, 0.25) is 5.13 Å². The molecule has 0 amide bonds. The van der Waals surface area contributed by atoms with E-state index in [0.717, 1.165) is 21.0 Å². The van der Waals surface area contributed by atoms with E-state index in [1.54, 1.807) is 35.2 Å². The molecule has 0 saturated heterocycles. The number of aromatic nitrogens is 2. The number of thioether (sulfide) groups is 1. The van der Waals surface area contributed by atoms with Crippen molar-refractivity contribution in [2.24, 2.45) is 0 Å². The maximum atomic E-state index is 8.87. The summed E-state index contributed by atoms with van der Waals surface area (Å²) < 4.78 is 6.63. The first kappa shape index (κ1) is 17.1. The van der Waals surface area contributed by atoms with Crippen molar-refractivity contribution in [3.63, 3.8) is 0 Å². The van der Waals surface area contributed by atoms with Crippen molar-refractivity contribution in [2.45, 2.75) is 42.5 Å². The van der Waals surface area contributed by atoms with Crippen LogP contribution in [0.2, 0.25) is 0 Å². The number of nitrogens with zero attached hydrogens (tertiary/aromatic N) is 3. The number of benzene rings is 1. The zero-order valence-corrected chi connectivity index (χ0v) is 15.0. The zero-order valence-electron chi connectivity index (χ0n) is 13.4. The molecule has 0 atom stereocenters. The molecular weight excluding hydrogens is 340 g/mol. The van der Waals surface area contributed by atoms with Crippen molar-refractivity contribution in [2.75, 3.05) is 17.7 Å². The molecule has 1 saturated carbocycles. The van der Waals surface area contributed by atoms with Gasteiger partial charge in [-0.1, -0.05) is 48.4 Å². The van der Waals surface area contributed by atoms with Gasteiger partial charge in [0.25, 0.3) is 0 Å². The van der Waals surface area contributed by atoms with E-state index in [9.17, 15) is 0 Å². The maximum Gasteiger partial charge on any atom is 0.206 e. The number of anilines is 1. The van der Waals surface area contributed by atoms with E-state index in [1.807, 2.05) is 12.1 Å². The van der Waals surface area contributed by atoms with Gasteiger partial charge < -0.3 is 10.1 Å². The smallest absolute Gasteiger partial charge is 0.206 e. The third-order valence-corrected chi connectivity index (χ3v) is 5.83. The average Bonchev–Trinajstić information content (AvgIpc) is 3.07. The van der Waals surface area contributed by atoms with Gasteiger partial charge in [0.05, 0.1) is 18.2 Å². The maximum absolute atomic E-state index is 8.87. The molecular formula is C17H20N4OS2. The Balaban J connectivity index is 1.40. The van der Waals surface area contributed by atoms with Crippen molar-refractivity contribution >= 4 is 28.2 Å². The van der Waals surface area contributed by atoms with E-state index in [1.165, 1.54) is 32.1 Å². The normalized spacial score (nSPS) is 15.0. The standard InChI is InChI=1S/C17H20N4OS2/c18-12-13-5-4-8-15(11-13)22-9-10-23-17-21-20-16(24-17)19-14-6-2-1-3-7-14/h4-5,8,11,14H,1-3,6-7,9-10H2,(H,19,20). The second-order valence-corrected chi connectivity index (χ2v) is 8.01. The molecule has 2 aromatic rings. The highest BCUT2D eigenvalue weighted by Gasteiger charge is 2.15. The summed E-state index contributed by atoms with van der Waals surface area (Å²) in [5, 5.41) is 21.7. The molecule has 7 heteroatoms. The summed E-state index contributed by atoms with van der Waals surface area (Å²) in [5.41, 5.74) is 0.614. The van der Waals surface area contributed by atoms with Crippen LogP contribution in [0, 0.1) is 11.3 Å². The van der Waals surface area contributed by atoms with Crippen molar-refractivity contribution in [3.8, 4) is 11.8 Å². The molecule has 24 heavy (non-hydrogen) atoms. The summed E-state index contributed by atoms with van der Waals surface area (Å²) >= 11 is 3.26. The zero-order chi connectivity index (χ0) is 16.6. The molecule has 1 heterocycles. The summed E-state index contributed by atoms with van der Waals surface area (Å²) in [7, 11) is 0. The molecule has 0 radical (unpaired) electrons. The van der Waals surface area contributed by atoms with Gasteiger partial charge in [-0.2, -0.15) is 5.26 Å². The molecule has 1 N–H and O–H groups in total. The van der Waals surface area contributed by atoms with Crippen LogP contribution in [0.3, 0.4) is 0 Å². The highest BCUT2D eigenvalue weighted by atomic mass is 32.2. The minimum absolute atomic E-state index is 0.556. The summed E-state index contributed by atoms with van der Waals surface area (Å²) in [6.07, 6.45) is 6.44. The average molecular weight is 361 g/mol. The van der Waals surface area contributed by atoms with Crippen LogP contribution in [0.25, 0.3) is 0 Å². The number of hydrogen-bond donors (Lipinski definition) is 1. The summed E-state index contributed by atoms with van der Waals surface area (Å²) in [6.45, 7) is 0.574. The summed E-state index contributed by atoms with van der Waals surface area (Å²) in [5.74, 6) is 1.53. The number of rotatable bonds is 7. The van der Waals surface area contributed by atoms with Crippen molar-refractivity contribution < 1.29 is 4.74 Å². The quantitative estimate of drug-likeness (QED) is 0.585. The predicted molar refractivity (Wildman–Crippen MR) is 97.8 cm³/mol.